The number of fused-ring (bicyclic) bond motifs is 1. The molecule has 4 aromatic rings. The summed E-state index contributed by atoms with van der Waals surface area (Å²) in [5, 5.41) is 13.7. The van der Waals surface area contributed by atoms with Gasteiger partial charge < -0.3 is 46.2 Å². The number of anilines is 3. The number of urea groups is 1. The number of imidazole rings is 1. The second-order valence-electron chi connectivity index (χ2n) is 12.7. The van der Waals surface area contributed by atoms with E-state index in [2.05, 4.69) is 40.9 Å². The van der Waals surface area contributed by atoms with Gasteiger partial charge in [0.2, 0.25) is 11.8 Å². The molecule has 3 amide bonds. The van der Waals surface area contributed by atoms with Crippen LogP contribution in [-0.4, -0.2) is 111 Å². The molecule has 2 atom stereocenters. The smallest absolute Gasteiger partial charge is 0.323 e. The van der Waals surface area contributed by atoms with E-state index in [0.29, 0.717) is 65.9 Å². The van der Waals surface area contributed by atoms with Crippen LogP contribution >= 0.6 is 23.2 Å². The van der Waals surface area contributed by atoms with Crippen molar-refractivity contribution in [2.24, 2.45) is 5.73 Å². The molecule has 6 rings (SSSR count). The molecular weight excluding hydrogens is 715 g/mol. The van der Waals surface area contributed by atoms with Gasteiger partial charge in [-0.2, -0.15) is 5.10 Å². The molecule has 1 saturated carbocycles. The fourth-order valence-electron chi connectivity index (χ4n) is 5.99. The Morgan fingerprint density at radius 2 is 1.75 bits per heavy atom. The minimum atomic E-state index is -0.561. The molecular formula is C33H44Cl2N12O5. The number of ether oxygens (including phenoxy) is 3. The molecule has 2 aliphatic rings. The van der Waals surface area contributed by atoms with Crippen LogP contribution in [0.15, 0.2) is 36.9 Å². The Morgan fingerprint density at radius 1 is 0.962 bits per heavy atom. The number of rotatable bonds is 19. The number of nitrogen functional groups attached to an aromatic ring is 1. The number of nitrogens with zero attached hydrogens (tertiary/aromatic N) is 7. The molecule has 1 aliphatic carbocycles. The minimum Gasteiger partial charge on any atom is -0.474 e. The van der Waals surface area contributed by atoms with E-state index in [1.165, 1.54) is 6.20 Å². The van der Waals surface area contributed by atoms with E-state index in [4.69, 9.17) is 48.9 Å². The minimum absolute atomic E-state index is 0.0709. The molecule has 7 N–H and O–H groups in total. The van der Waals surface area contributed by atoms with Gasteiger partial charge in [0.05, 0.1) is 55.1 Å². The van der Waals surface area contributed by atoms with Crippen LogP contribution in [0.5, 0.6) is 5.88 Å². The van der Waals surface area contributed by atoms with Gasteiger partial charge in [0.1, 0.15) is 12.3 Å². The number of halogens is 2. The first-order chi connectivity index (χ1) is 25.2. The molecule has 0 radical (unpaired) electrons. The van der Waals surface area contributed by atoms with Gasteiger partial charge in [0, 0.05) is 62.8 Å². The number of hydrogen-bond donors (Lipinski definition) is 5. The van der Waals surface area contributed by atoms with Gasteiger partial charge in [-0.05, 0) is 38.2 Å². The van der Waals surface area contributed by atoms with Gasteiger partial charge >= 0.3 is 6.03 Å². The Morgan fingerprint density at radius 3 is 2.54 bits per heavy atom. The Balaban J connectivity index is 0.831. The lowest BCUT2D eigenvalue weighted by Crippen LogP contribution is -2.46. The monoisotopic (exact) mass is 758 g/mol. The second kappa shape index (κ2) is 18.0. The van der Waals surface area contributed by atoms with Crippen LogP contribution in [0.4, 0.5) is 22.1 Å². The largest absolute Gasteiger partial charge is 0.474 e. The topological polar surface area (TPSA) is 214 Å². The molecule has 52 heavy (non-hydrogen) atoms. The van der Waals surface area contributed by atoms with Gasteiger partial charge in [-0.1, -0.05) is 23.2 Å². The number of nitrogens with one attached hydrogen (secondary N) is 3. The molecule has 1 saturated heterocycles. The van der Waals surface area contributed by atoms with E-state index in [-0.39, 0.29) is 37.0 Å². The van der Waals surface area contributed by atoms with Crippen molar-refractivity contribution in [2.75, 3.05) is 69.0 Å². The van der Waals surface area contributed by atoms with Crippen LogP contribution in [0, 0.1) is 0 Å². The van der Waals surface area contributed by atoms with Crippen LogP contribution in [-0.2, 0) is 20.8 Å². The zero-order valence-electron chi connectivity index (χ0n) is 28.7. The van der Waals surface area contributed by atoms with Crippen LogP contribution in [0.3, 0.4) is 0 Å². The van der Waals surface area contributed by atoms with E-state index in [0.717, 1.165) is 51.0 Å². The van der Waals surface area contributed by atoms with E-state index in [1.54, 1.807) is 29.0 Å². The summed E-state index contributed by atoms with van der Waals surface area (Å²) >= 11 is 12.3. The Hall–Kier alpha value is -4.26. The van der Waals surface area contributed by atoms with Gasteiger partial charge in [-0.3, -0.25) is 9.69 Å². The van der Waals surface area contributed by atoms with Crippen molar-refractivity contribution in [3.63, 3.8) is 0 Å². The number of nitrogens with two attached hydrogens (primary N) is 2. The number of amides is 3. The number of aryl methyl sites for hydroxylation is 1. The summed E-state index contributed by atoms with van der Waals surface area (Å²) in [5.74, 6) is 0.792. The van der Waals surface area contributed by atoms with Crippen LogP contribution in [0.2, 0.25) is 10.2 Å². The maximum atomic E-state index is 13.0. The molecule has 19 heteroatoms. The number of pyridine rings is 1. The highest BCUT2D eigenvalue weighted by Gasteiger charge is 2.31. The van der Waals surface area contributed by atoms with Crippen molar-refractivity contribution >= 4 is 58.1 Å². The standard InChI is InChI=1S/C33H44Cl2N12O5/c34-22-16-25(42-33(49)43-26-19-39-28-17-27(35)44-47(28)29(26)21-3-4-21)31(40-18-22)52-15-14-51-13-12-50-11-10-45-8-5-23(20-45)41-30(48)24(36)2-1-7-46-9-6-38-32(46)37/h6,9,16-19,21,23-24H,1-5,7-8,10-15,20,36H2,(H2,37,38)(H,41,48)(H2,42,43,49)/t23-,24+/m1/s1. The molecule has 2 fully saturated rings. The molecule has 0 bridgehead atoms. The quantitative estimate of drug-likeness (QED) is 0.0873. The number of aromatic nitrogens is 6. The summed E-state index contributed by atoms with van der Waals surface area (Å²) in [6.07, 6.45) is 10.7. The van der Waals surface area contributed by atoms with Crippen molar-refractivity contribution in [3.8, 4) is 5.88 Å². The van der Waals surface area contributed by atoms with Crippen LogP contribution < -0.4 is 32.2 Å². The fraction of sp³-hybridized carbons (Fsp3) is 0.515. The lowest BCUT2D eigenvalue weighted by atomic mass is 10.1. The summed E-state index contributed by atoms with van der Waals surface area (Å²) in [6.45, 7) is 4.90. The van der Waals surface area contributed by atoms with E-state index in [9.17, 15) is 9.59 Å². The average molecular weight is 760 g/mol. The normalized spacial score (nSPS) is 16.6. The maximum absolute atomic E-state index is 13.0. The van der Waals surface area contributed by atoms with Crippen molar-refractivity contribution in [2.45, 2.75) is 56.7 Å². The Labute approximate surface area is 310 Å². The summed E-state index contributed by atoms with van der Waals surface area (Å²) in [4.78, 5) is 40.4. The molecule has 4 aromatic heterocycles. The highest BCUT2D eigenvalue weighted by Crippen LogP contribution is 2.43. The van der Waals surface area contributed by atoms with Crippen LogP contribution in [0.25, 0.3) is 5.65 Å². The Bertz CT molecular complexity index is 1820. The highest BCUT2D eigenvalue weighted by molar-refractivity contribution is 6.31. The van der Waals surface area contributed by atoms with Crippen molar-refractivity contribution in [1.29, 1.82) is 0 Å². The highest BCUT2D eigenvalue weighted by atomic mass is 35.5. The predicted octanol–water partition coefficient (Wildman–Crippen LogP) is 3.14. The molecule has 0 spiro atoms. The number of hydrogen-bond acceptors (Lipinski definition) is 12. The zero-order chi connectivity index (χ0) is 36.5. The zero-order valence-corrected chi connectivity index (χ0v) is 30.2. The molecule has 0 aromatic carbocycles. The van der Waals surface area contributed by atoms with Crippen molar-refractivity contribution in [1.82, 2.24) is 39.3 Å². The third kappa shape index (κ3) is 10.4. The van der Waals surface area contributed by atoms with Crippen LogP contribution in [0.1, 0.15) is 43.7 Å². The fourth-order valence-corrected chi connectivity index (χ4v) is 6.32. The first kappa shape index (κ1) is 37.5. The third-order valence-corrected chi connectivity index (χ3v) is 9.17. The van der Waals surface area contributed by atoms with Gasteiger partial charge in [-0.25, -0.2) is 24.3 Å². The molecule has 17 nitrogen and oxygen atoms in total. The first-order valence-electron chi connectivity index (χ1n) is 17.3. The summed E-state index contributed by atoms with van der Waals surface area (Å²) in [7, 11) is 0. The SMILES string of the molecule is Nc1nccn1CCC[C@H](N)C(=O)N[C@@H]1CCN(CCOCCOCCOc2ncc(Cl)cc2NC(=O)Nc2cnc3cc(Cl)nn3c2C2CC2)C1. The third-order valence-electron chi connectivity index (χ3n) is 8.78. The lowest BCUT2D eigenvalue weighted by molar-refractivity contribution is -0.123. The second-order valence-corrected chi connectivity index (χ2v) is 13.6. The van der Waals surface area contributed by atoms with Crippen molar-refractivity contribution < 1.29 is 23.8 Å². The lowest BCUT2D eigenvalue weighted by Gasteiger charge is -2.19. The Kier molecular flexibility index (Phi) is 13.0. The molecule has 280 valence electrons. The number of carbonyl (C=O) groups is 2. The average Bonchev–Trinajstić information content (AvgIpc) is 3.51. The summed E-state index contributed by atoms with van der Waals surface area (Å²) < 4.78 is 20.7. The number of likely N-dealkylation sites (tertiary alicyclic amines) is 1. The van der Waals surface area contributed by atoms with Crippen molar-refractivity contribution in [3.05, 3.63) is 52.8 Å². The van der Waals surface area contributed by atoms with E-state index in [1.807, 2.05) is 10.8 Å². The summed E-state index contributed by atoms with van der Waals surface area (Å²) in [6, 6.07) is 2.23. The van der Waals surface area contributed by atoms with Gasteiger partial charge in [-0.15, -0.1) is 0 Å². The molecule has 1 aliphatic heterocycles. The molecule has 0 unspecified atom stereocenters. The molecule has 5 heterocycles. The number of carbonyl (C=O) groups excluding carboxylic acids is 2. The maximum Gasteiger partial charge on any atom is 0.323 e. The predicted molar refractivity (Wildman–Crippen MR) is 196 cm³/mol. The van der Waals surface area contributed by atoms with E-state index >= 15 is 0 Å². The van der Waals surface area contributed by atoms with Gasteiger partial charge in [0.15, 0.2) is 16.7 Å². The van der Waals surface area contributed by atoms with E-state index < -0.39 is 12.1 Å². The van der Waals surface area contributed by atoms with Gasteiger partial charge in [0.25, 0.3) is 0 Å². The summed E-state index contributed by atoms with van der Waals surface area (Å²) in [5.41, 5.74) is 14.2. The first-order valence-corrected chi connectivity index (χ1v) is 18.1.